The standard InChI is InChI=1S/C21H20FNO/c1-3-16-5-4-6-20(11-16)24-14-17-10-19(13-23-12-17)18-7-8-21(22)15(2)9-18/h4-13H,3,14H2,1-2H3. The van der Waals surface area contributed by atoms with Crippen LogP contribution in [-0.4, -0.2) is 4.98 Å². The average molecular weight is 321 g/mol. The minimum absolute atomic E-state index is 0.193. The highest BCUT2D eigenvalue weighted by Gasteiger charge is 2.04. The van der Waals surface area contributed by atoms with Gasteiger partial charge in [0.05, 0.1) is 0 Å². The summed E-state index contributed by atoms with van der Waals surface area (Å²) >= 11 is 0. The molecule has 0 amide bonds. The summed E-state index contributed by atoms with van der Waals surface area (Å²) in [4.78, 5) is 4.29. The van der Waals surface area contributed by atoms with Crippen molar-refractivity contribution < 1.29 is 9.13 Å². The molecule has 3 rings (SSSR count). The molecule has 24 heavy (non-hydrogen) atoms. The molecule has 0 spiro atoms. The molecule has 0 radical (unpaired) electrons. The summed E-state index contributed by atoms with van der Waals surface area (Å²) in [5, 5.41) is 0. The summed E-state index contributed by atoms with van der Waals surface area (Å²) < 4.78 is 19.3. The first-order valence-corrected chi connectivity index (χ1v) is 8.08. The van der Waals surface area contributed by atoms with Gasteiger partial charge in [0.25, 0.3) is 0 Å². The van der Waals surface area contributed by atoms with Crippen LogP contribution in [0.4, 0.5) is 4.39 Å². The van der Waals surface area contributed by atoms with E-state index in [1.165, 1.54) is 11.6 Å². The van der Waals surface area contributed by atoms with Crippen molar-refractivity contribution in [1.82, 2.24) is 4.98 Å². The van der Waals surface area contributed by atoms with Gasteiger partial charge in [-0.25, -0.2) is 4.39 Å². The quantitative estimate of drug-likeness (QED) is 0.633. The van der Waals surface area contributed by atoms with Gasteiger partial charge in [0, 0.05) is 23.5 Å². The van der Waals surface area contributed by atoms with E-state index in [9.17, 15) is 4.39 Å². The Morgan fingerprint density at radius 2 is 1.83 bits per heavy atom. The SMILES string of the molecule is CCc1cccc(OCc2cncc(-c3ccc(F)c(C)c3)c2)c1. The number of halogens is 1. The number of rotatable bonds is 5. The molecule has 0 unspecified atom stereocenters. The van der Waals surface area contributed by atoms with E-state index < -0.39 is 0 Å². The van der Waals surface area contributed by atoms with E-state index in [-0.39, 0.29) is 5.82 Å². The molecule has 2 aromatic carbocycles. The number of pyridine rings is 1. The molecule has 3 heteroatoms. The summed E-state index contributed by atoms with van der Waals surface area (Å²) in [6.45, 7) is 4.34. The fraction of sp³-hybridized carbons (Fsp3) is 0.190. The number of ether oxygens (including phenoxy) is 1. The maximum absolute atomic E-state index is 13.4. The van der Waals surface area contributed by atoms with Gasteiger partial charge in [-0.2, -0.15) is 0 Å². The van der Waals surface area contributed by atoms with Gasteiger partial charge >= 0.3 is 0 Å². The van der Waals surface area contributed by atoms with Crippen LogP contribution in [0, 0.1) is 12.7 Å². The zero-order valence-electron chi connectivity index (χ0n) is 13.9. The first-order chi connectivity index (χ1) is 11.7. The summed E-state index contributed by atoms with van der Waals surface area (Å²) in [5.41, 5.74) is 4.78. The van der Waals surface area contributed by atoms with Gasteiger partial charge < -0.3 is 4.74 Å². The van der Waals surface area contributed by atoms with Crippen LogP contribution in [0.5, 0.6) is 5.75 Å². The van der Waals surface area contributed by atoms with Crippen LogP contribution in [0.25, 0.3) is 11.1 Å². The third-order valence-corrected chi connectivity index (χ3v) is 4.00. The van der Waals surface area contributed by atoms with Gasteiger partial charge in [-0.05, 0) is 60.4 Å². The summed E-state index contributed by atoms with van der Waals surface area (Å²) in [5.74, 6) is 0.666. The first kappa shape index (κ1) is 16.2. The van der Waals surface area contributed by atoms with E-state index in [0.717, 1.165) is 28.9 Å². The molecule has 3 aromatic rings. The zero-order chi connectivity index (χ0) is 16.9. The fourth-order valence-corrected chi connectivity index (χ4v) is 2.57. The molecule has 0 fully saturated rings. The molecule has 0 atom stereocenters. The normalized spacial score (nSPS) is 10.6. The molecule has 0 saturated carbocycles. The second-order valence-corrected chi connectivity index (χ2v) is 5.84. The maximum atomic E-state index is 13.4. The number of aromatic nitrogens is 1. The lowest BCUT2D eigenvalue weighted by atomic mass is 10.0. The predicted molar refractivity (Wildman–Crippen MR) is 94.5 cm³/mol. The number of nitrogens with zero attached hydrogens (tertiary/aromatic N) is 1. The van der Waals surface area contributed by atoms with Crippen LogP contribution in [0.3, 0.4) is 0 Å². The minimum atomic E-state index is -0.193. The van der Waals surface area contributed by atoms with Gasteiger partial charge in [-0.1, -0.05) is 25.1 Å². The third-order valence-electron chi connectivity index (χ3n) is 4.00. The van der Waals surface area contributed by atoms with Crippen LogP contribution >= 0.6 is 0 Å². The van der Waals surface area contributed by atoms with E-state index in [2.05, 4.69) is 24.0 Å². The summed E-state index contributed by atoms with van der Waals surface area (Å²) in [6.07, 6.45) is 4.57. The third kappa shape index (κ3) is 3.80. The molecule has 0 N–H and O–H groups in total. The molecule has 0 saturated heterocycles. The van der Waals surface area contributed by atoms with Gasteiger partial charge in [0.2, 0.25) is 0 Å². The topological polar surface area (TPSA) is 22.1 Å². The van der Waals surface area contributed by atoms with E-state index in [1.54, 1.807) is 25.4 Å². The van der Waals surface area contributed by atoms with Crippen LogP contribution in [0.2, 0.25) is 0 Å². The number of benzene rings is 2. The van der Waals surface area contributed by atoms with E-state index in [4.69, 9.17) is 4.74 Å². The smallest absolute Gasteiger partial charge is 0.126 e. The molecule has 1 heterocycles. The van der Waals surface area contributed by atoms with Gasteiger partial charge in [-0.3, -0.25) is 4.98 Å². The van der Waals surface area contributed by atoms with Crippen LogP contribution < -0.4 is 4.74 Å². The number of hydrogen-bond acceptors (Lipinski definition) is 2. The van der Waals surface area contributed by atoms with Crippen LogP contribution in [0.15, 0.2) is 60.9 Å². The monoisotopic (exact) mass is 321 g/mol. The van der Waals surface area contributed by atoms with Crippen molar-refractivity contribution in [3.8, 4) is 16.9 Å². The van der Waals surface area contributed by atoms with E-state index in [0.29, 0.717) is 12.2 Å². The lowest BCUT2D eigenvalue weighted by Gasteiger charge is -2.09. The Morgan fingerprint density at radius 1 is 0.958 bits per heavy atom. The maximum Gasteiger partial charge on any atom is 0.126 e. The highest BCUT2D eigenvalue weighted by molar-refractivity contribution is 5.63. The lowest BCUT2D eigenvalue weighted by Crippen LogP contribution is -1.97. The molecule has 1 aromatic heterocycles. The highest BCUT2D eigenvalue weighted by atomic mass is 19.1. The molecule has 0 bridgehead atoms. The van der Waals surface area contributed by atoms with Crippen LogP contribution in [-0.2, 0) is 13.0 Å². The molecule has 2 nitrogen and oxygen atoms in total. The van der Waals surface area contributed by atoms with Crippen molar-refractivity contribution in [2.45, 2.75) is 26.9 Å². The molecule has 0 aliphatic carbocycles. The Labute approximate surface area is 142 Å². The van der Waals surface area contributed by atoms with Crippen molar-refractivity contribution in [2.24, 2.45) is 0 Å². The Hall–Kier alpha value is -2.68. The Kier molecular flexibility index (Phi) is 4.90. The minimum Gasteiger partial charge on any atom is -0.489 e. The van der Waals surface area contributed by atoms with Gasteiger partial charge in [-0.15, -0.1) is 0 Å². The van der Waals surface area contributed by atoms with Crippen molar-refractivity contribution >= 4 is 0 Å². The summed E-state index contributed by atoms with van der Waals surface area (Å²) in [7, 11) is 0. The second-order valence-electron chi connectivity index (χ2n) is 5.84. The average Bonchev–Trinajstić information content (AvgIpc) is 2.63. The molecular weight excluding hydrogens is 301 g/mol. The molecule has 0 aliphatic rings. The first-order valence-electron chi connectivity index (χ1n) is 8.08. The van der Waals surface area contributed by atoms with Crippen LogP contribution in [0.1, 0.15) is 23.6 Å². The Morgan fingerprint density at radius 3 is 2.62 bits per heavy atom. The molecular formula is C21H20FNO. The Bertz CT molecular complexity index is 845. The van der Waals surface area contributed by atoms with E-state index >= 15 is 0 Å². The molecule has 0 aliphatic heterocycles. The van der Waals surface area contributed by atoms with Gasteiger partial charge in [0.1, 0.15) is 18.2 Å². The summed E-state index contributed by atoms with van der Waals surface area (Å²) in [6, 6.07) is 15.2. The predicted octanol–water partition coefficient (Wildman–Crippen LogP) is 5.34. The van der Waals surface area contributed by atoms with Crippen molar-refractivity contribution in [1.29, 1.82) is 0 Å². The molecule has 122 valence electrons. The largest absolute Gasteiger partial charge is 0.489 e. The van der Waals surface area contributed by atoms with Crippen molar-refractivity contribution in [3.05, 3.63) is 83.4 Å². The highest BCUT2D eigenvalue weighted by Crippen LogP contribution is 2.23. The Balaban J connectivity index is 1.76. The second kappa shape index (κ2) is 7.26. The van der Waals surface area contributed by atoms with Crippen molar-refractivity contribution in [2.75, 3.05) is 0 Å². The fourth-order valence-electron chi connectivity index (χ4n) is 2.57. The van der Waals surface area contributed by atoms with Crippen molar-refractivity contribution in [3.63, 3.8) is 0 Å². The van der Waals surface area contributed by atoms with E-state index in [1.807, 2.05) is 24.3 Å². The lowest BCUT2D eigenvalue weighted by molar-refractivity contribution is 0.305. The zero-order valence-corrected chi connectivity index (χ0v) is 13.9. The van der Waals surface area contributed by atoms with Gasteiger partial charge in [0.15, 0.2) is 0 Å². The number of hydrogen-bond donors (Lipinski definition) is 0. The number of aryl methyl sites for hydroxylation is 2.